The summed E-state index contributed by atoms with van der Waals surface area (Å²) < 4.78 is 0. The maximum Gasteiger partial charge on any atom is 0.323 e. The number of amides is 2. The third-order valence-corrected chi connectivity index (χ3v) is 3.23. The molecule has 1 aromatic carbocycles. The van der Waals surface area contributed by atoms with E-state index in [9.17, 15) is 9.59 Å². The van der Waals surface area contributed by atoms with Crippen LogP contribution in [0.1, 0.15) is 18.4 Å². The Labute approximate surface area is 138 Å². The van der Waals surface area contributed by atoms with Crippen molar-refractivity contribution in [2.75, 3.05) is 10.6 Å². The molecule has 0 aliphatic carbocycles. The van der Waals surface area contributed by atoms with E-state index in [0.717, 1.165) is 5.56 Å². The van der Waals surface area contributed by atoms with Crippen LogP contribution in [0, 0.1) is 0 Å². The molecule has 0 radical (unpaired) electrons. The molecule has 0 spiro atoms. The number of nitrogens with one attached hydrogen (secondary N) is 2. The quantitative estimate of drug-likeness (QED) is 0.750. The van der Waals surface area contributed by atoms with E-state index in [2.05, 4.69) is 15.6 Å². The fraction of sp³-hybridized carbons (Fsp3) is 0.188. The van der Waals surface area contributed by atoms with Gasteiger partial charge in [0, 0.05) is 23.3 Å². The zero-order valence-electron chi connectivity index (χ0n) is 12.3. The molecule has 6 nitrogen and oxygen atoms in total. The number of anilines is 2. The molecule has 23 heavy (non-hydrogen) atoms. The van der Waals surface area contributed by atoms with Gasteiger partial charge in [0.1, 0.15) is 0 Å². The number of halogens is 1. The second-order valence-electron chi connectivity index (χ2n) is 4.92. The summed E-state index contributed by atoms with van der Waals surface area (Å²) in [4.78, 5) is 26.5. The number of benzene rings is 1. The third-order valence-electron chi connectivity index (χ3n) is 2.99. The highest BCUT2D eigenvalue weighted by Gasteiger charge is 2.05. The summed E-state index contributed by atoms with van der Waals surface area (Å²) in [6.45, 7) is 0. The number of aliphatic carboxylic acids is 1. The first-order valence-corrected chi connectivity index (χ1v) is 7.40. The van der Waals surface area contributed by atoms with Gasteiger partial charge in [-0.25, -0.2) is 4.79 Å². The number of urea groups is 1. The molecule has 0 aliphatic heterocycles. The van der Waals surface area contributed by atoms with Crippen molar-refractivity contribution in [3.8, 4) is 0 Å². The van der Waals surface area contributed by atoms with Crippen LogP contribution < -0.4 is 10.6 Å². The molecular formula is C16H16ClN3O3. The van der Waals surface area contributed by atoms with E-state index in [1.807, 2.05) is 0 Å². The van der Waals surface area contributed by atoms with Crippen molar-refractivity contribution >= 4 is 35.0 Å². The molecule has 0 saturated carbocycles. The molecule has 0 atom stereocenters. The highest BCUT2D eigenvalue weighted by atomic mass is 35.5. The lowest BCUT2D eigenvalue weighted by molar-refractivity contribution is -0.137. The van der Waals surface area contributed by atoms with Crippen molar-refractivity contribution in [1.82, 2.24) is 4.98 Å². The number of aromatic nitrogens is 1. The fourth-order valence-corrected chi connectivity index (χ4v) is 2.19. The molecule has 1 heterocycles. The zero-order chi connectivity index (χ0) is 16.7. The van der Waals surface area contributed by atoms with E-state index in [-0.39, 0.29) is 6.42 Å². The molecule has 2 rings (SSSR count). The maximum atomic E-state index is 11.9. The topological polar surface area (TPSA) is 91.3 Å². The summed E-state index contributed by atoms with van der Waals surface area (Å²) in [5.74, 6) is -0.826. The van der Waals surface area contributed by atoms with Crippen molar-refractivity contribution in [3.63, 3.8) is 0 Å². The van der Waals surface area contributed by atoms with E-state index in [1.54, 1.807) is 36.5 Å². The Balaban J connectivity index is 1.91. The van der Waals surface area contributed by atoms with Crippen LogP contribution >= 0.6 is 11.6 Å². The Morgan fingerprint density at radius 1 is 1.13 bits per heavy atom. The smallest absolute Gasteiger partial charge is 0.323 e. The molecule has 0 unspecified atom stereocenters. The molecule has 1 aromatic heterocycles. The summed E-state index contributed by atoms with van der Waals surface area (Å²) >= 11 is 5.86. The number of pyridine rings is 1. The van der Waals surface area contributed by atoms with Gasteiger partial charge in [-0.1, -0.05) is 17.7 Å². The van der Waals surface area contributed by atoms with E-state index in [0.29, 0.717) is 29.2 Å². The fourth-order valence-electron chi connectivity index (χ4n) is 2.00. The van der Waals surface area contributed by atoms with E-state index >= 15 is 0 Å². The number of carboxylic acids is 1. The van der Waals surface area contributed by atoms with Crippen LogP contribution in [0.25, 0.3) is 0 Å². The molecular weight excluding hydrogens is 318 g/mol. The summed E-state index contributed by atoms with van der Waals surface area (Å²) in [5, 5.41) is 14.5. The van der Waals surface area contributed by atoms with Gasteiger partial charge in [0.05, 0.1) is 11.9 Å². The van der Waals surface area contributed by atoms with Crippen LogP contribution in [0.3, 0.4) is 0 Å². The standard InChI is InChI=1S/C16H16ClN3O3/c17-12-4-2-5-13(8-12)19-16(23)20-14-7-11(9-18-10-14)3-1-6-15(21)22/h2,4-5,7-10H,1,3,6H2,(H,21,22)(H2,19,20,23). The summed E-state index contributed by atoms with van der Waals surface area (Å²) in [5.41, 5.74) is 1.99. The predicted molar refractivity (Wildman–Crippen MR) is 88.9 cm³/mol. The van der Waals surface area contributed by atoms with E-state index < -0.39 is 12.0 Å². The Kier molecular flexibility index (Phi) is 5.94. The number of rotatable bonds is 6. The summed E-state index contributed by atoms with van der Waals surface area (Å²) in [6.07, 6.45) is 4.40. The Hall–Kier alpha value is -2.60. The molecule has 0 fully saturated rings. The normalized spacial score (nSPS) is 10.1. The van der Waals surface area contributed by atoms with E-state index in [4.69, 9.17) is 16.7 Å². The van der Waals surface area contributed by atoms with Gasteiger partial charge in [0.25, 0.3) is 0 Å². The van der Waals surface area contributed by atoms with Crippen LogP contribution in [0.15, 0.2) is 42.7 Å². The minimum absolute atomic E-state index is 0.104. The first kappa shape index (κ1) is 16.8. The number of carboxylic acid groups (broad SMARTS) is 1. The second kappa shape index (κ2) is 8.14. The molecule has 3 N–H and O–H groups in total. The van der Waals surface area contributed by atoms with Gasteiger partial charge < -0.3 is 15.7 Å². The van der Waals surface area contributed by atoms with Gasteiger partial charge in [-0.2, -0.15) is 0 Å². The highest BCUT2D eigenvalue weighted by Crippen LogP contribution is 2.16. The molecule has 0 aliphatic rings. The number of hydrogen-bond donors (Lipinski definition) is 3. The van der Waals surface area contributed by atoms with Crippen molar-refractivity contribution in [1.29, 1.82) is 0 Å². The van der Waals surface area contributed by atoms with Crippen LogP contribution in [0.4, 0.5) is 16.2 Å². The zero-order valence-corrected chi connectivity index (χ0v) is 13.0. The molecule has 7 heteroatoms. The van der Waals surface area contributed by atoms with Crippen LogP contribution in [-0.4, -0.2) is 22.1 Å². The lowest BCUT2D eigenvalue weighted by Gasteiger charge is -2.09. The predicted octanol–water partition coefficient (Wildman–Crippen LogP) is 3.79. The number of carbonyl (C=O) groups excluding carboxylic acids is 1. The maximum absolute atomic E-state index is 11.9. The first-order valence-electron chi connectivity index (χ1n) is 7.02. The monoisotopic (exact) mass is 333 g/mol. The van der Waals surface area contributed by atoms with Gasteiger partial charge in [0.2, 0.25) is 0 Å². The number of nitrogens with zero attached hydrogens (tertiary/aromatic N) is 1. The molecule has 2 amide bonds. The van der Waals surface area contributed by atoms with Crippen molar-refractivity contribution in [2.24, 2.45) is 0 Å². The Bertz CT molecular complexity index is 706. The minimum Gasteiger partial charge on any atom is -0.481 e. The average molecular weight is 334 g/mol. The lowest BCUT2D eigenvalue weighted by atomic mass is 10.1. The van der Waals surface area contributed by atoms with Gasteiger partial charge >= 0.3 is 12.0 Å². The summed E-state index contributed by atoms with van der Waals surface area (Å²) in [7, 11) is 0. The van der Waals surface area contributed by atoms with Crippen LogP contribution in [0.2, 0.25) is 5.02 Å². The van der Waals surface area contributed by atoms with Crippen molar-refractivity contribution in [2.45, 2.75) is 19.3 Å². The Morgan fingerprint density at radius 2 is 1.91 bits per heavy atom. The van der Waals surface area contributed by atoms with Crippen LogP contribution in [0.5, 0.6) is 0 Å². The van der Waals surface area contributed by atoms with Crippen molar-refractivity contribution in [3.05, 3.63) is 53.3 Å². The Morgan fingerprint density at radius 3 is 2.65 bits per heavy atom. The second-order valence-corrected chi connectivity index (χ2v) is 5.36. The van der Waals surface area contributed by atoms with Crippen LogP contribution in [-0.2, 0) is 11.2 Å². The molecule has 120 valence electrons. The SMILES string of the molecule is O=C(O)CCCc1cncc(NC(=O)Nc2cccc(Cl)c2)c1. The van der Waals surface area contributed by atoms with Gasteiger partial charge in [-0.3, -0.25) is 9.78 Å². The average Bonchev–Trinajstić information content (AvgIpc) is 2.47. The van der Waals surface area contributed by atoms with Gasteiger partial charge in [0.15, 0.2) is 0 Å². The highest BCUT2D eigenvalue weighted by molar-refractivity contribution is 6.30. The molecule has 0 saturated heterocycles. The lowest BCUT2D eigenvalue weighted by Crippen LogP contribution is -2.19. The number of aryl methyl sites for hydroxylation is 1. The summed E-state index contributed by atoms with van der Waals surface area (Å²) in [6, 6.07) is 8.19. The number of hydrogen-bond acceptors (Lipinski definition) is 3. The molecule has 2 aromatic rings. The largest absolute Gasteiger partial charge is 0.481 e. The van der Waals surface area contributed by atoms with Gasteiger partial charge in [-0.15, -0.1) is 0 Å². The molecule has 0 bridgehead atoms. The van der Waals surface area contributed by atoms with E-state index in [1.165, 1.54) is 6.20 Å². The minimum atomic E-state index is -0.826. The third kappa shape index (κ3) is 5.96. The first-order chi connectivity index (χ1) is 11.0. The van der Waals surface area contributed by atoms with Gasteiger partial charge in [-0.05, 0) is 42.7 Å². The number of carbonyl (C=O) groups is 2. The van der Waals surface area contributed by atoms with Crippen molar-refractivity contribution < 1.29 is 14.7 Å².